The zero-order valence-electron chi connectivity index (χ0n) is 8.11. The van der Waals surface area contributed by atoms with Crippen molar-refractivity contribution in [2.45, 2.75) is 18.9 Å². The summed E-state index contributed by atoms with van der Waals surface area (Å²) in [4.78, 5) is 10.6. The van der Waals surface area contributed by atoms with Crippen molar-refractivity contribution in [1.29, 1.82) is 0 Å². The van der Waals surface area contributed by atoms with Gasteiger partial charge in [0.25, 0.3) is 0 Å². The summed E-state index contributed by atoms with van der Waals surface area (Å²) in [6.07, 6.45) is 1.46. The molecule has 0 heterocycles. The fourth-order valence-electron chi connectivity index (χ4n) is 1.72. The molecule has 0 bridgehead atoms. The summed E-state index contributed by atoms with van der Waals surface area (Å²) in [5.41, 5.74) is 1.05. The van der Waals surface area contributed by atoms with Crippen molar-refractivity contribution in [1.82, 2.24) is 0 Å². The lowest BCUT2D eigenvalue weighted by Gasteiger charge is -2.33. The minimum atomic E-state index is -0.677. The van der Waals surface area contributed by atoms with Crippen molar-refractivity contribution in [2.24, 2.45) is 5.92 Å². The Morgan fingerprint density at radius 1 is 1.33 bits per heavy atom. The fourth-order valence-corrected chi connectivity index (χ4v) is 1.98. The molecule has 1 aliphatic carbocycles. The maximum Gasteiger partial charge on any atom is 0.306 e. The van der Waals surface area contributed by atoms with E-state index in [1.165, 1.54) is 0 Å². The van der Waals surface area contributed by atoms with Gasteiger partial charge in [-0.05, 0) is 37.1 Å². The first-order valence-corrected chi connectivity index (χ1v) is 5.69. The van der Waals surface area contributed by atoms with E-state index in [0.717, 1.165) is 23.0 Å². The summed E-state index contributed by atoms with van der Waals surface area (Å²) >= 11 is 3.37. The van der Waals surface area contributed by atoms with E-state index in [2.05, 4.69) is 21.2 Å². The first kappa shape index (κ1) is 10.5. The molecule has 0 spiro atoms. The van der Waals surface area contributed by atoms with Gasteiger partial charge < -0.3 is 10.4 Å². The van der Waals surface area contributed by atoms with Gasteiger partial charge in [0.15, 0.2) is 0 Å². The number of carboxylic acids is 1. The number of aliphatic carboxylic acids is 1. The maximum absolute atomic E-state index is 10.6. The van der Waals surface area contributed by atoms with E-state index in [-0.39, 0.29) is 5.92 Å². The van der Waals surface area contributed by atoms with Crippen LogP contribution in [0.1, 0.15) is 12.8 Å². The van der Waals surface area contributed by atoms with Gasteiger partial charge in [-0.2, -0.15) is 0 Å². The predicted molar refractivity (Wildman–Crippen MR) is 61.9 cm³/mol. The number of carbonyl (C=O) groups is 1. The van der Waals surface area contributed by atoms with Gasteiger partial charge in [-0.15, -0.1) is 0 Å². The van der Waals surface area contributed by atoms with Gasteiger partial charge in [0.1, 0.15) is 0 Å². The van der Waals surface area contributed by atoms with Crippen LogP contribution >= 0.6 is 15.9 Å². The molecule has 0 aromatic heterocycles. The highest BCUT2D eigenvalue weighted by Gasteiger charge is 2.34. The van der Waals surface area contributed by atoms with E-state index in [4.69, 9.17) is 5.11 Å². The van der Waals surface area contributed by atoms with Crippen molar-refractivity contribution in [2.75, 3.05) is 5.32 Å². The van der Waals surface area contributed by atoms with Gasteiger partial charge in [-0.3, -0.25) is 4.79 Å². The van der Waals surface area contributed by atoms with E-state index >= 15 is 0 Å². The molecule has 15 heavy (non-hydrogen) atoms. The van der Waals surface area contributed by atoms with Crippen LogP contribution in [0.4, 0.5) is 5.69 Å². The zero-order valence-corrected chi connectivity index (χ0v) is 9.70. The Hall–Kier alpha value is -1.03. The summed E-state index contributed by atoms with van der Waals surface area (Å²) in [6, 6.07) is 8.22. The maximum atomic E-state index is 10.6. The van der Waals surface area contributed by atoms with E-state index in [0.29, 0.717) is 6.04 Å². The molecule has 0 amide bonds. The number of anilines is 1. The molecule has 0 saturated heterocycles. The van der Waals surface area contributed by atoms with Crippen LogP contribution in [0.25, 0.3) is 0 Å². The summed E-state index contributed by atoms with van der Waals surface area (Å²) < 4.78 is 1.05. The Labute approximate surface area is 96.6 Å². The van der Waals surface area contributed by atoms with Gasteiger partial charge in [0.2, 0.25) is 0 Å². The van der Waals surface area contributed by atoms with Crippen molar-refractivity contribution < 1.29 is 9.90 Å². The summed E-state index contributed by atoms with van der Waals surface area (Å²) in [5, 5.41) is 12.0. The molecular weight excluding hydrogens is 258 g/mol. The molecule has 80 valence electrons. The van der Waals surface area contributed by atoms with Crippen molar-refractivity contribution in [3.8, 4) is 0 Å². The number of rotatable bonds is 3. The van der Waals surface area contributed by atoms with Crippen LogP contribution in [0.2, 0.25) is 0 Å². The van der Waals surface area contributed by atoms with Crippen LogP contribution < -0.4 is 5.32 Å². The molecule has 3 nitrogen and oxygen atoms in total. The molecule has 0 atom stereocenters. The van der Waals surface area contributed by atoms with Crippen LogP contribution in [0, 0.1) is 5.92 Å². The topological polar surface area (TPSA) is 49.3 Å². The number of nitrogens with one attached hydrogen (secondary N) is 1. The molecule has 1 saturated carbocycles. The van der Waals surface area contributed by atoms with Crippen LogP contribution in [0.5, 0.6) is 0 Å². The zero-order chi connectivity index (χ0) is 10.8. The monoisotopic (exact) mass is 269 g/mol. The molecule has 1 fully saturated rings. The number of hydrogen-bond acceptors (Lipinski definition) is 2. The molecule has 0 radical (unpaired) electrons. The molecule has 2 N–H and O–H groups in total. The molecule has 2 rings (SSSR count). The van der Waals surface area contributed by atoms with Crippen LogP contribution in [-0.4, -0.2) is 17.1 Å². The second-order valence-electron chi connectivity index (χ2n) is 3.85. The van der Waals surface area contributed by atoms with Crippen LogP contribution in [0.3, 0.4) is 0 Å². The normalized spacial score (nSPS) is 24.3. The highest BCUT2D eigenvalue weighted by molar-refractivity contribution is 9.10. The fraction of sp³-hybridized carbons (Fsp3) is 0.364. The third-order valence-corrected chi connectivity index (χ3v) is 3.23. The van der Waals surface area contributed by atoms with E-state index in [1.807, 2.05) is 24.3 Å². The van der Waals surface area contributed by atoms with Gasteiger partial charge in [0, 0.05) is 16.2 Å². The second-order valence-corrected chi connectivity index (χ2v) is 4.77. The average molecular weight is 270 g/mol. The van der Waals surface area contributed by atoms with E-state index in [1.54, 1.807) is 0 Å². The molecule has 1 aromatic carbocycles. The van der Waals surface area contributed by atoms with Gasteiger partial charge in [0.05, 0.1) is 5.92 Å². The first-order valence-electron chi connectivity index (χ1n) is 4.90. The Morgan fingerprint density at radius 3 is 2.47 bits per heavy atom. The molecule has 4 heteroatoms. The van der Waals surface area contributed by atoms with Gasteiger partial charge >= 0.3 is 5.97 Å². The molecule has 1 aromatic rings. The number of benzene rings is 1. The van der Waals surface area contributed by atoms with Crippen molar-refractivity contribution in [3.63, 3.8) is 0 Å². The minimum absolute atomic E-state index is 0.155. The molecule has 0 unspecified atom stereocenters. The minimum Gasteiger partial charge on any atom is -0.481 e. The summed E-state index contributed by atoms with van der Waals surface area (Å²) in [6.45, 7) is 0. The third-order valence-electron chi connectivity index (χ3n) is 2.70. The summed E-state index contributed by atoms with van der Waals surface area (Å²) in [5.74, 6) is -0.832. The quantitative estimate of drug-likeness (QED) is 0.887. The Balaban J connectivity index is 1.85. The van der Waals surface area contributed by atoms with Crippen LogP contribution in [-0.2, 0) is 4.79 Å². The molecular formula is C11H12BrNO2. The van der Waals surface area contributed by atoms with Crippen molar-refractivity contribution >= 4 is 27.6 Å². The Bertz CT molecular complexity index is 357. The third kappa shape index (κ3) is 2.50. The number of carboxylic acid groups (broad SMARTS) is 1. The van der Waals surface area contributed by atoms with Crippen LogP contribution in [0.15, 0.2) is 28.7 Å². The standard InChI is InChI=1S/C11H12BrNO2/c12-8-1-3-9(4-2-8)13-10-5-7(6-10)11(14)15/h1-4,7,10,13H,5-6H2,(H,14,15). The first-order chi connectivity index (χ1) is 7.15. The molecule has 0 aliphatic heterocycles. The second kappa shape index (κ2) is 4.23. The van der Waals surface area contributed by atoms with Gasteiger partial charge in [-0.1, -0.05) is 15.9 Å². The predicted octanol–water partition coefficient (Wildman–Crippen LogP) is 2.72. The van der Waals surface area contributed by atoms with E-state index in [9.17, 15) is 4.79 Å². The largest absolute Gasteiger partial charge is 0.481 e. The lowest BCUT2D eigenvalue weighted by molar-refractivity contribution is -0.144. The number of hydrogen-bond donors (Lipinski definition) is 2. The van der Waals surface area contributed by atoms with Crippen molar-refractivity contribution in [3.05, 3.63) is 28.7 Å². The Morgan fingerprint density at radius 2 is 1.93 bits per heavy atom. The highest BCUT2D eigenvalue weighted by Crippen LogP contribution is 2.30. The average Bonchev–Trinajstić information content (AvgIpc) is 2.13. The highest BCUT2D eigenvalue weighted by atomic mass is 79.9. The van der Waals surface area contributed by atoms with Gasteiger partial charge in [-0.25, -0.2) is 0 Å². The SMILES string of the molecule is O=C(O)C1CC(Nc2ccc(Br)cc2)C1. The Kier molecular flexibility index (Phi) is 2.95. The smallest absolute Gasteiger partial charge is 0.306 e. The van der Waals surface area contributed by atoms with E-state index < -0.39 is 5.97 Å². The lowest BCUT2D eigenvalue weighted by Crippen LogP contribution is -2.39. The summed E-state index contributed by atoms with van der Waals surface area (Å²) in [7, 11) is 0. The number of halogens is 1. The lowest BCUT2D eigenvalue weighted by atomic mass is 9.80. The molecule has 1 aliphatic rings.